The van der Waals surface area contributed by atoms with Crippen LogP contribution in [0.15, 0.2) is 29.6 Å². The third-order valence-electron chi connectivity index (χ3n) is 4.74. The summed E-state index contributed by atoms with van der Waals surface area (Å²) in [6, 6.07) is 2.40. The first-order valence-corrected chi connectivity index (χ1v) is 11.1. The van der Waals surface area contributed by atoms with E-state index in [-0.39, 0.29) is 39.0 Å². The number of alkyl halides is 3. The van der Waals surface area contributed by atoms with E-state index in [4.69, 9.17) is 4.84 Å². The zero-order valence-corrected chi connectivity index (χ0v) is 18.0. The molecule has 0 fully saturated rings. The summed E-state index contributed by atoms with van der Waals surface area (Å²) in [6.07, 6.45) is -2.47. The van der Waals surface area contributed by atoms with E-state index in [0.717, 1.165) is 6.07 Å². The van der Waals surface area contributed by atoms with Gasteiger partial charge in [-0.25, -0.2) is 28.8 Å². The number of hydrogen-bond acceptors (Lipinski definition) is 8. The molecule has 4 rings (SSSR count). The molecule has 0 unspecified atom stereocenters. The van der Waals surface area contributed by atoms with Crippen LogP contribution in [-0.2, 0) is 27.9 Å². The normalized spacial score (nSPS) is 12.7. The molecule has 0 aliphatic carbocycles. The first-order chi connectivity index (χ1) is 15.1. The summed E-state index contributed by atoms with van der Waals surface area (Å²) in [6.45, 7) is 3.55. The van der Waals surface area contributed by atoms with Crippen LogP contribution in [-0.4, -0.2) is 49.9 Å². The number of imidazole rings is 1. The van der Waals surface area contributed by atoms with E-state index in [1.54, 1.807) is 6.92 Å². The Kier molecular flexibility index (Phi) is 5.29. The summed E-state index contributed by atoms with van der Waals surface area (Å²) in [5.41, 5.74) is 2.00. The third-order valence-corrected chi connectivity index (χ3v) is 6.38. The van der Waals surface area contributed by atoms with Crippen molar-refractivity contribution in [2.45, 2.75) is 25.0 Å². The van der Waals surface area contributed by atoms with Gasteiger partial charge in [0.15, 0.2) is 32.0 Å². The Morgan fingerprint density at radius 1 is 1.19 bits per heavy atom. The Hall–Kier alpha value is -3.26. The molecular formula is C18H18F3N7O3S. The molecule has 4 aromatic heterocycles. The SMILES string of the molecule is CCONc1ccnc2c(-c3nc4cc(C(F)(F)F)cnc4n3C)c(S(=O)(=O)CC)nn12. The first kappa shape index (κ1) is 22.0. The van der Waals surface area contributed by atoms with Crippen LogP contribution in [0.3, 0.4) is 0 Å². The number of hydrogen-bond donors (Lipinski definition) is 1. The molecule has 0 saturated carbocycles. The fourth-order valence-electron chi connectivity index (χ4n) is 3.15. The van der Waals surface area contributed by atoms with Crippen LogP contribution in [0, 0.1) is 0 Å². The Morgan fingerprint density at radius 3 is 2.59 bits per heavy atom. The Morgan fingerprint density at radius 2 is 1.94 bits per heavy atom. The number of rotatable bonds is 6. The van der Waals surface area contributed by atoms with Gasteiger partial charge in [0.05, 0.1) is 17.9 Å². The minimum Gasteiger partial charge on any atom is -0.312 e. The zero-order chi connectivity index (χ0) is 23.3. The predicted molar refractivity (Wildman–Crippen MR) is 108 cm³/mol. The van der Waals surface area contributed by atoms with E-state index >= 15 is 0 Å². The van der Waals surface area contributed by atoms with Crippen molar-refractivity contribution < 1.29 is 26.4 Å². The van der Waals surface area contributed by atoms with Crippen LogP contribution in [0.25, 0.3) is 28.2 Å². The van der Waals surface area contributed by atoms with Crippen LogP contribution in [0.2, 0.25) is 0 Å². The van der Waals surface area contributed by atoms with Crippen LogP contribution >= 0.6 is 0 Å². The quantitative estimate of drug-likeness (QED) is 0.429. The molecule has 4 heterocycles. The van der Waals surface area contributed by atoms with E-state index in [0.29, 0.717) is 18.6 Å². The summed E-state index contributed by atoms with van der Waals surface area (Å²) in [4.78, 5) is 17.6. The fraction of sp³-hybridized carbons (Fsp3) is 0.333. The van der Waals surface area contributed by atoms with Gasteiger partial charge in [0.25, 0.3) is 0 Å². The highest BCUT2D eigenvalue weighted by Gasteiger charge is 2.33. The van der Waals surface area contributed by atoms with Crippen molar-refractivity contribution in [1.29, 1.82) is 0 Å². The maximum Gasteiger partial charge on any atom is 0.417 e. The number of halogens is 3. The number of pyridine rings is 1. The van der Waals surface area contributed by atoms with Crippen LogP contribution in [0.4, 0.5) is 19.0 Å². The molecule has 0 saturated heterocycles. The maximum atomic E-state index is 13.1. The lowest BCUT2D eigenvalue weighted by Gasteiger charge is -2.06. The fourth-order valence-corrected chi connectivity index (χ4v) is 4.13. The lowest BCUT2D eigenvalue weighted by Crippen LogP contribution is -2.08. The average Bonchev–Trinajstić information content (AvgIpc) is 3.30. The molecule has 0 aliphatic heterocycles. The van der Waals surface area contributed by atoms with Crippen LogP contribution in [0.1, 0.15) is 19.4 Å². The van der Waals surface area contributed by atoms with Gasteiger partial charge in [0.1, 0.15) is 16.9 Å². The first-order valence-electron chi connectivity index (χ1n) is 9.46. The zero-order valence-electron chi connectivity index (χ0n) is 17.2. The van der Waals surface area contributed by atoms with Gasteiger partial charge in [-0.2, -0.15) is 22.8 Å². The maximum absolute atomic E-state index is 13.1. The molecule has 170 valence electrons. The van der Waals surface area contributed by atoms with Crippen LogP contribution in [0.5, 0.6) is 0 Å². The van der Waals surface area contributed by atoms with E-state index < -0.39 is 21.6 Å². The van der Waals surface area contributed by atoms with Crippen molar-refractivity contribution in [3.8, 4) is 11.4 Å². The molecule has 0 amide bonds. The van der Waals surface area contributed by atoms with Crippen molar-refractivity contribution in [2.75, 3.05) is 17.8 Å². The largest absolute Gasteiger partial charge is 0.417 e. The van der Waals surface area contributed by atoms with Crippen molar-refractivity contribution in [1.82, 2.24) is 29.1 Å². The van der Waals surface area contributed by atoms with Gasteiger partial charge >= 0.3 is 6.18 Å². The summed E-state index contributed by atoms with van der Waals surface area (Å²) in [7, 11) is -2.33. The number of fused-ring (bicyclic) bond motifs is 2. The van der Waals surface area contributed by atoms with E-state index in [2.05, 4.69) is 25.5 Å². The monoisotopic (exact) mass is 469 g/mol. The molecule has 0 bridgehead atoms. The van der Waals surface area contributed by atoms with E-state index in [9.17, 15) is 21.6 Å². The lowest BCUT2D eigenvalue weighted by atomic mass is 10.2. The minimum atomic E-state index is -4.60. The summed E-state index contributed by atoms with van der Waals surface area (Å²) < 4.78 is 67.7. The summed E-state index contributed by atoms with van der Waals surface area (Å²) >= 11 is 0. The Labute approximate surface area is 179 Å². The van der Waals surface area contributed by atoms with Crippen molar-refractivity contribution >= 4 is 32.5 Å². The molecule has 10 nitrogen and oxygen atoms in total. The standard InChI is InChI=1S/C18H18F3N7O3S/c1-4-31-26-12-6-7-22-15-13(17(25-28(12)15)32(29,30)5-2)16-24-11-8-10(18(19,20)21)9-23-14(11)27(16)3/h6-9,26H,4-5H2,1-3H3. The van der Waals surface area contributed by atoms with E-state index in [1.807, 2.05) is 0 Å². The number of sulfone groups is 1. The predicted octanol–water partition coefficient (Wildman–Crippen LogP) is 2.85. The lowest BCUT2D eigenvalue weighted by molar-refractivity contribution is -0.137. The molecule has 0 spiro atoms. The number of aryl methyl sites for hydroxylation is 1. The molecule has 4 aromatic rings. The Bertz CT molecular complexity index is 1430. The summed E-state index contributed by atoms with van der Waals surface area (Å²) in [5, 5.41) is 3.92. The number of nitrogens with zero attached hydrogens (tertiary/aromatic N) is 6. The van der Waals surface area contributed by atoms with Crippen molar-refractivity contribution in [2.24, 2.45) is 7.05 Å². The highest BCUT2D eigenvalue weighted by Crippen LogP contribution is 2.35. The second-order valence-corrected chi connectivity index (χ2v) is 8.94. The second-order valence-electron chi connectivity index (χ2n) is 6.74. The molecule has 0 atom stereocenters. The molecule has 14 heteroatoms. The van der Waals surface area contributed by atoms with Crippen molar-refractivity contribution in [3.05, 3.63) is 30.1 Å². The number of aromatic nitrogens is 6. The number of anilines is 1. The second kappa shape index (κ2) is 7.70. The van der Waals surface area contributed by atoms with Crippen LogP contribution < -0.4 is 5.48 Å². The average molecular weight is 469 g/mol. The molecule has 1 N–H and O–H groups in total. The number of nitrogens with one attached hydrogen (secondary N) is 1. The van der Waals surface area contributed by atoms with Gasteiger partial charge in [-0.1, -0.05) is 6.92 Å². The highest BCUT2D eigenvalue weighted by molar-refractivity contribution is 7.91. The van der Waals surface area contributed by atoms with Crippen molar-refractivity contribution in [3.63, 3.8) is 0 Å². The van der Waals surface area contributed by atoms with Gasteiger partial charge in [-0.15, -0.1) is 0 Å². The van der Waals surface area contributed by atoms with Gasteiger partial charge < -0.3 is 4.57 Å². The topological polar surface area (TPSA) is 116 Å². The smallest absolute Gasteiger partial charge is 0.312 e. The Balaban J connectivity index is 2.04. The molecule has 0 aliphatic rings. The highest BCUT2D eigenvalue weighted by atomic mass is 32.2. The molecular weight excluding hydrogens is 451 g/mol. The van der Waals surface area contributed by atoms with Gasteiger partial charge in [0, 0.05) is 25.5 Å². The van der Waals surface area contributed by atoms with E-state index in [1.165, 1.54) is 35.3 Å². The molecule has 32 heavy (non-hydrogen) atoms. The third kappa shape index (κ3) is 3.54. The van der Waals surface area contributed by atoms with Gasteiger partial charge in [-0.05, 0) is 13.0 Å². The molecule has 0 radical (unpaired) electrons. The summed E-state index contributed by atoms with van der Waals surface area (Å²) in [5.74, 6) is 0.125. The molecule has 0 aromatic carbocycles. The van der Waals surface area contributed by atoms with Gasteiger partial charge in [-0.3, -0.25) is 4.84 Å². The van der Waals surface area contributed by atoms with Gasteiger partial charge in [0.2, 0.25) is 0 Å². The minimum absolute atomic E-state index is 0.0416.